The Labute approximate surface area is 105 Å². The maximum atomic E-state index is 13.2. The summed E-state index contributed by atoms with van der Waals surface area (Å²) in [5.41, 5.74) is 0.100. The average molecular weight is 254 g/mol. The van der Waals surface area contributed by atoms with Crippen molar-refractivity contribution < 1.29 is 9.18 Å². The highest BCUT2D eigenvalue weighted by atomic mass is 35.5. The van der Waals surface area contributed by atoms with Crippen molar-refractivity contribution in [2.45, 2.75) is 25.8 Å². The third kappa shape index (κ3) is 3.47. The molecule has 0 bridgehead atoms. The van der Waals surface area contributed by atoms with Crippen molar-refractivity contribution >= 4 is 17.5 Å². The summed E-state index contributed by atoms with van der Waals surface area (Å²) < 4.78 is 13.2. The van der Waals surface area contributed by atoms with Crippen LogP contribution in [0.1, 0.15) is 30.1 Å². The summed E-state index contributed by atoms with van der Waals surface area (Å²) in [6.45, 7) is 1.96. The van der Waals surface area contributed by atoms with Crippen molar-refractivity contribution in [3.8, 4) is 12.3 Å². The quantitative estimate of drug-likeness (QED) is 0.821. The van der Waals surface area contributed by atoms with Crippen LogP contribution in [0.4, 0.5) is 4.39 Å². The number of carbonyl (C=O) groups is 1. The van der Waals surface area contributed by atoms with Gasteiger partial charge in [-0.25, -0.2) is 4.39 Å². The summed E-state index contributed by atoms with van der Waals surface area (Å²) in [6, 6.07) is 3.73. The van der Waals surface area contributed by atoms with E-state index in [1.807, 2.05) is 6.92 Å². The molecule has 2 nitrogen and oxygen atoms in total. The second kappa shape index (κ2) is 6.27. The normalized spacial score (nSPS) is 11.6. The van der Waals surface area contributed by atoms with E-state index < -0.39 is 11.7 Å². The highest BCUT2D eigenvalue weighted by molar-refractivity contribution is 6.34. The zero-order valence-electron chi connectivity index (χ0n) is 9.47. The van der Waals surface area contributed by atoms with Crippen LogP contribution in [0.15, 0.2) is 18.2 Å². The van der Waals surface area contributed by atoms with Gasteiger partial charge in [0.2, 0.25) is 0 Å². The van der Waals surface area contributed by atoms with Gasteiger partial charge in [0.25, 0.3) is 5.91 Å². The first-order valence-electron chi connectivity index (χ1n) is 5.31. The van der Waals surface area contributed by atoms with Crippen molar-refractivity contribution in [2.75, 3.05) is 0 Å². The van der Waals surface area contributed by atoms with Crippen LogP contribution in [-0.4, -0.2) is 11.9 Å². The van der Waals surface area contributed by atoms with Crippen LogP contribution in [0.5, 0.6) is 0 Å². The SMILES string of the molecule is C#CC(CCC)NC(=O)c1cccc(F)c1Cl. The average Bonchev–Trinajstić information content (AvgIpc) is 2.31. The Balaban J connectivity index is 2.83. The number of halogens is 2. The third-order valence-corrected chi connectivity index (χ3v) is 2.66. The predicted octanol–water partition coefficient (Wildman–Crippen LogP) is 3.01. The summed E-state index contributed by atoms with van der Waals surface area (Å²) in [5, 5.41) is 2.44. The van der Waals surface area contributed by atoms with Gasteiger partial charge in [-0.15, -0.1) is 6.42 Å². The van der Waals surface area contributed by atoms with Gasteiger partial charge in [0.15, 0.2) is 0 Å². The van der Waals surface area contributed by atoms with Crippen LogP contribution >= 0.6 is 11.6 Å². The molecule has 1 unspecified atom stereocenters. The van der Waals surface area contributed by atoms with Crippen molar-refractivity contribution in [1.29, 1.82) is 0 Å². The van der Waals surface area contributed by atoms with Gasteiger partial charge in [0, 0.05) is 0 Å². The third-order valence-electron chi connectivity index (χ3n) is 2.28. The van der Waals surface area contributed by atoms with Gasteiger partial charge in [-0.3, -0.25) is 4.79 Å². The fourth-order valence-electron chi connectivity index (χ4n) is 1.40. The lowest BCUT2D eigenvalue weighted by atomic mass is 10.1. The molecule has 1 amide bonds. The molecular formula is C13H13ClFNO. The van der Waals surface area contributed by atoms with Crippen molar-refractivity contribution in [3.05, 3.63) is 34.6 Å². The molecule has 0 radical (unpaired) electrons. The molecule has 0 aliphatic rings. The molecule has 0 saturated heterocycles. The Kier molecular flexibility index (Phi) is 4.99. The lowest BCUT2D eigenvalue weighted by molar-refractivity contribution is 0.0944. The lowest BCUT2D eigenvalue weighted by Gasteiger charge is -2.12. The van der Waals surface area contributed by atoms with E-state index in [4.69, 9.17) is 18.0 Å². The van der Waals surface area contributed by atoms with Crippen LogP contribution in [0.2, 0.25) is 5.02 Å². The predicted molar refractivity (Wildman–Crippen MR) is 66.4 cm³/mol. The smallest absolute Gasteiger partial charge is 0.253 e. The molecule has 4 heteroatoms. The molecule has 0 fully saturated rings. The van der Waals surface area contributed by atoms with E-state index in [1.165, 1.54) is 18.2 Å². The topological polar surface area (TPSA) is 29.1 Å². The number of benzene rings is 1. The van der Waals surface area contributed by atoms with Crippen LogP contribution in [0.3, 0.4) is 0 Å². The summed E-state index contributed by atoms with van der Waals surface area (Å²) in [5.74, 6) is 1.40. The van der Waals surface area contributed by atoms with Gasteiger partial charge in [0.05, 0.1) is 16.6 Å². The molecule has 0 aliphatic carbocycles. The molecule has 0 aromatic heterocycles. The zero-order chi connectivity index (χ0) is 12.8. The number of amides is 1. The molecule has 17 heavy (non-hydrogen) atoms. The van der Waals surface area contributed by atoms with E-state index in [-0.39, 0.29) is 16.6 Å². The summed E-state index contributed by atoms with van der Waals surface area (Å²) in [6.07, 6.45) is 6.81. The van der Waals surface area contributed by atoms with E-state index in [2.05, 4.69) is 11.2 Å². The summed E-state index contributed by atoms with van der Waals surface area (Å²) >= 11 is 5.70. The number of nitrogens with one attached hydrogen (secondary N) is 1. The van der Waals surface area contributed by atoms with E-state index in [9.17, 15) is 9.18 Å². The highest BCUT2D eigenvalue weighted by Crippen LogP contribution is 2.19. The van der Waals surface area contributed by atoms with E-state index in [0.717, 1.165) is 6.42 Å². The van der Waals surface area contributed by atoms with Crippen LogP contribution in [0, 0.1) is 18.2 Å². The first-order valence-corrected chi connectivity index (χ1v) is 5.69. The largest absolute Gasteiger partial charge is 0.338 e. The van der Waals surface area contributed by atoms with Crippen LogP contribution in [0.25, 0.3) is 0 Å². The summed E-state index contributed by atoms with van der Waals surface area (Å²) in [7, 11) is 0. The monoisotopic (exact) mass is 253 g/mol. The molecule has 90 valence electrons. The molecule has 0 spiro atoms. The zero-order valence-corrected chi connectivity index (χ0v) is 10.2. The van der Waals surface area contributed by atoms with Gasteiger partial charge in [-0.2, -0.15) is 0 Å². The van der Waals surface area contributed by atoms with E-state index >= 15 is 0 Å². The molecule has 1 N–H and O–H groups in total. The van der Waals surface area contributed by atoms with Crippen LogP contribution < -0.4 is 5.32 Å². The minimum atomic E-state index is -0.618. The van der Waals surface area contributed by atoms with Crippen LogP contribution in [-0.2, 0) is 0 Å². The Morgan fingerprint density at radius 3 is 2.94 bits per heavy atom. The summed E-state index contributed by atoms with van der Waals surface area (Å²) in [4.78, 5) is 11.8. The Hall–Kier alpha value is -1.53. The number of hydrogen-bond acceptors (Lipinski definition) is 1. The van der Waals surface area contributed by atoms with Gasteiger partial charge in [0.1, 0.15) is 5.82 Å². The molecule has 0 aliphatic heterocycles. The number of carbonyl (C=O) groups excluding carboxylic acids is 1. The van der Waals surface area contributed by atoms with Gasteiger partial charge >= 0.3 is 0 Å². The maximum Gasteiger partial charge on any atom is 0.253 e. The number of terminal acetylenes is 1. The van der Waals surface area contributed by atoms with Gasteiger partial charge < -0.3 is 5.32 Å². The second-order valence-electron chi connectivity index (χ2n) is 3.58. The van der Waals surface area contributed by atoms with Gasteiger partial charge in [-0.1, -0.05) is 36.9 Å². The fraction of sp³-hybridized carbons (Fsp3) is 0.308. The Bertz CT molecular complexity index is 453. The fourth-order valence-corrected chi connectivity index (χ4v) is 1.61. The first-order chi connectivity index (χ1) is 8.10. The minimum Gasteiger partial charge on any atom is -0.338 e. The Morgan fingerprint density at radius 1 is 1.65 bits per heavy atom. The van der Waals surface area contributed by atoms with Crippen molar-refractivity contribution in [2.24, 2.45) is 0 Å². The lowest BCUT2D eigenvalue weighted by Crippen LogP contribution is -2.33. The van der Waals surface area contributed by atoms with Gasteiger partial charge in [-0.05, 0) is 18.6 Å². The van der Waals surface area contributed by atoms with Crippen molar-refractivity contribution in [3.63, 3.8) is 0 Å². The molecule has 0 saturated carbocycles. The maximum absolute atomic E-state index is 13.2. The standard InChI is InChI=1S/C13H13ClFNO/c1-3-6-9(4-2)16-13(17)10-7-5-8-11(15)12(10)14/h2,5,7-9H,3,6H2,1H3,(H,16,17). The molecule has 1 atom stereocenters. The van der Waals surface area contributed by atoms with E-state index in [1.54, 1.807) is 0 Å². The minimum absolute atomic E-state index is 0.100. The Morgan fingerprint density at radius 2 is 2.35 bits per heavy atom. The highest BCUT2D eigenvalue weighted by Gasteiger charge is 2.15. The molecule has 1 aromatic rings. The molecule has 1 rings (SSSR count). The number of rotatable bonds is 4. The second-order valence-corrected chi connectivity index (χ2v) is 3.96. The van der Waals surface area contributed by atoms with Crippen molar-refractivity contribution in [1.82, 2.24) is 5.32 Å². The number of hydrogen-bond donors (Lipinski definition) is 1. The first kappa shape index (κ1) is 13.5. The van der Waals surface area contributed by atoms with E-state index in [0.29, 0.717) is 6.42 Å². The molecular weight excluding hydrogens is 241 g/mol. The molecule has 1 aromatic carbocycles. The molecule has 0 heterocycles.